The predicted octanol–water partition coefficient (Wildman–Crippen LogP) is 1.32. The Morgan fingerprint density at radius 2 is 2.29 bits per heavy atom. The lowest BCUT2D eigenvalue weighted by atomic mass is 10.2. The molecule has 1 saturated carbocycles. The van der Waals surface area contributed by atoms with Crippen molar-refractivity contribution in [3.05, 3.63) is 43.6 Å². The highest BCUT2D eigenvalue weighted by Gasteiger charge is 2.32. The van der Waals surface area contributed by atoms with Gasteiger partial charge in [-0.2, -0.15) is 5.10 Å². The summed E-state index contributed by atoms with van der Waals surface area (Å²) in [5, 5.41) is 23.2. The Bertz CT molecular complexity index is 996. The maximum Gasteiger partial charge on any atom is 0.326 e. The van der Waals surface area contributed by atoms with Crippen molar-refractivity contribution in [2.75, 3.05) is 7.05 Å². The van der Waals surface area contributed by atoms with E-state index in [-0.39, 0.29) is 12.2 Å². The van der Waals surface area contributed by atoms with Crippen molar-refractivity contribution in [1.82, 2.24) is 25.6 Å². The smallest absolute Gasteiger partial charge is 0.326 e. The Labute approximate surface area is 165 Å². The number of hydrazone groups is 1. The van der Waals surface area contributed by atoms with Gasteiger partial charge in [-0.15, -0.1) is 11.3 Å². The number of imidazole rings is 1. The number of H-pyrrole nitrogens is 2. The number of nitrogens with zero attached hydrogens (tertiary/aromatic N) is 3. The van der Waals surface area contributed by atoms with E-state index in [0.29, 0.717) is 23.1 Å². The summed E-state index contributed by atoms with van der Waals surface area (Å²) in [5.74, 6) is 0.438. The molecule has 0 spiro atoms. The van der Waals surface area contributed by atoms with E-state index in [0.717, 1.165) is 19.4 Å². The molecule has 1 aliphatic heterocycles. The van der Waals surface area contributed by atoms with E-state index in [1.807, 2.05) is 0 Å². The number of aliphatic imine (C=N–C) groups is 1. The number of rotatable bonds is 7. The quantitative estimate of drug-likeness (QED) is 0.448. The van der Waals surface area contributed by atoms with Gasteiger partial charge in [0.1, 0.15) is 5.69 Å². The first-order valence-corrected chi connectivity index (χ1v) is 9.93. The second-order valence-corrected chi connectivity index (χ2v) is 8.19. The van der Waals surface area contributed by atoms with Crippen molar-refractivity contribution in [1.29, 1.82) is 0 Å². The second kappa shape index (κ2) is 7.74. The molecule has 148 valence electrons. The molecule has 2 aromatic rings. The molecule has 5 N–H and O–H groups in total. The third-order valence-electron chi connectivity index (χ3n) is 4.52. The van der Waals surface area contributed by atoms with Crippen LogP contribution in [0.3, 0.4) is 0 Å². The van der Waals surface area contributed by atoms with Gasteiger partial charge in [-0.3, -0.25) is 20.6 Å². The lowest BCUT2D eigenvalue weighted by Crippen LogP contribution is -2.54. The van der Waals surface area contributed by atoms with Crippen LogP contribution in [-0.2, 0) is 6.54 Å². The van der Waals surface area contributed by atoms with Crippen LogP contribution in [0.5, 0.6) is 5.88 Å². The SMILES string of the molecule is CN=C1C(=Cc2[nH]c(=O)[nH]c2O)C=NN1C(NCc1ccc(C)s1)NC1CC1. The Balaban J connectivity index is 1.53. The molecular weight excluding hydrogens is 378 g/mol. The zero-order chi connectivity index (χ0) is 19.7. The molecule has 2 aromatic heterocycles. The van der Waals surface area contributed by atoms with Crippen LogP contribution in [0.2, 0.25) is 0 Å². The summed E-state index contributed by atoms with van der Waals surface area (Å²) >= 11 is 1.77. The van der Waals surface area contributed by atoms with Gasteiger partial charge in [0.15, 0.2) is 12.1 Å². The van der Waals surface area contributed by atoms with Crippen molar-refractivity contribution in [2.45, 2.75) is 38.6 Å². The summed E-state index contributed by atoms with van der Waals surface area (Å²) in [7, 11) is 1.70. The number of thiophene rings is 1. The first kappa shape index (κ1) is 18.7. The fraction of sp³-hybridized carbons (Fsp3) is 0.389. The topological polar surface area (TPSA) is 121 Å². The van der Waals surface area contributed by atoms with Gasteiger partial charge in [0.05, 0.1) is 6.21 Å². The van der Waals surface area contributed by atoms with Crippen LogP contribution in [0.15, 0.2) is 32.6 Å². The predicted molar refractivity (Wildman–Crippen MR) is 111 cm³/mol. The minimum absolute atomic E-state index is 0.210. The van der Waals surface area contributed by atoms with E-state index in [9.17, 15) is 9.90 Å². The van der Waals surface area contributed by atoms with E-state index in [2.05, 4.69) is 49.8 Å². The van der Waals surface area contributed by atoms with Gasteiger partial charge in [0, 0.05) is 35.0 Å². The van der Waals surface area contributed by atoms with Crippen LogP contribution in [0.4, 0.5) is 0 Å². The molecule has 1 aliphatic carbocycles. The van der Waals surface area contributed by atoms with Crippen LogP contribution in [0, 0.1) is 6.92 Å². The molecule has 1 fully saturated rings. The zero-order valence-corrected chi connectivity index (χ0v) is 16.5. The highest BCUT2D eigenvalue weighted by molar-refractivity contribution is 7.11. The fourth-order valence-electron chi connectivity index (χ4n) is 3.01. The highest BCUT2D eigenvalue weighted by Crippen LogP contribution is 2.23. The number of nitrogens with one attached hydrogen (secondary N) is 4. The molecule has 3 heterocycles. The summed E-state index contributed by atoms with van der Waals surface area (Å²) < 4.78 is 0. The second-order valence-electron chi connectivity index (χ2n) is 6.81. The molecule has 0 bridgehead atoms. The maximum atomic E-state index is 11.4. The van der Waals surface area contributed by atoms with Crippen molar-refractivity contribution in [3.63, 3.8) is 0 Å². The van der Waals surface area contributed by atoms with E-state index in [4.69, 9.17) is 0 Å². The molecule has 10 heteroatoms. The standard InChI is InChI=1S/C18H23N7O2S/c1-10-3-6-13(28-10)9-20-17(22-12-4-5-12)25-15(19-2)11(8-21-25)7-14-16(26)24-18(27)23-14/h3,6-8,12,17,20,22,26H,4-5,9H2,1-2H3,(H2,23,24,27). The van der Waals surface area contributed by atoms with Crippen molar-refractivity contribution < 1.29 is 5.11 Å². The molecule has 4 rings (SSSR count). The number of aromatic nitrogens is 2. The molecule has 28 heavy (non-hydrogen) atoms. The van der Waals surface area contributed by atoms with Crippen LogP contribution < -0.4 is 16.3 Å². The molecular formula is C18H23N7O2S. The van der Waals surface area contributed by atoms with Crippen molar-refractivity contribution >= 4 is 29.5 Å². The summed E-state index contributed by atoms with van der Waals surface area (Å²) in [4.78, 5) is 23.1. The van der Waals surface area contributed by atoms with Gasteiger partial charge in [-0.05, 0) is 38.0 Å². The Morgan fingerprint density at radius 1 is 1.46 bits per heavy atom. The van der Waals surface area contributed by atoms with Gasteiger partial charge in [0.2, 0.25) is 5.88 Å². The number of hydrogen-bond acceptors (Lipinski definition) is 7. The molecule has 0 aromatic carbocycles. The van der Waals surface area contributed by atoms with E-state index in [1.165, 1.54) is 9.75 Å². The van der Waals surface area contributed by atoms with Crippen molar-refractivity contribution in [2.24, 2.45) is 10.1 Å². The van der Waals surface area contributed by atoms with Gasteiger partial charge in [-0.25, -0.2) is 9.80 Å². The van der Waals surface area contributed by atoms with Crippen LogP contribution in [0.1, 0.15) is 28.3 Å². The Hall–Kier alpha value is -2.69. The Kier molecular flexibility index (Phi) is 5.16. The highest BCUT2D eigenvalue weighted by atomic mass is 32.1. The normalized spacial score (nSPS) is 20.6. The first-order valence-electron chi connectivity index (χ1n) is 9.11. The maximum absolute atomic E-state index is 11.4. The molecule has 0 saturated heterocycles. The monoisotopic (exact) mass is 401 g/mol. The molecule has 1 atom stereocenters. The fourth-order valence-corrected chi connectivity index (χ4v) is 3.85. The number of amidine groups is 1. The van der Waals surface area contributed by atoms with Gasteiger partial charge >= 0.3 is 5.69 Å². The Morgan fingerprint density at radius 3 is 2.89 bits per heavy atom. The lowest BCUT2D eigenvalue weighted by molar-refractivity contribution is 0.226. The molecule has 0 amide bonds. The number of hydrogen-bond donors (Lipinski definition) is 5. The number of aromatic amines is 2. The minimum atomic E-state index is -0.465. The van der Waals surface area contributed by atoms with Crippen LogP contribution in [-0.4, -0.2) is 51.5 Å². The largest absolute Gasteiger partial charge is 0.493 e. The van der Waals surface area contributed by atoms with Crippen LogP contribution in [0.25, 0.3) is 6.08 Å². The lowest BCUT2D eigenvalue weighted by Gasteiger charge is -2.28. The zero-order valence-electron chi connectivity index (χ0n) is 15.7. The van der Waals surface area contributed by atoms with E-state index < -0.39 is 5.69 Å². The summed E-state index contributed by atoms with van der Waals surface area (Å²) in [5.41, 5.74) is 0.528. The van der Waals surface area contributed by atoms with Crippen LogP contribution >= 0.6 is 11.3 Å². The third kappa shape index (κ3) is 4.08. The molecule has 9 nitrogen and oxygen atoms in total. The summed E-state index contributed by atoms with van der Waals surface area (Å²) in [6, 6.07) is 4.71. The minimum Gasteiger partial charge on any atom is -0.493 e. The first-order chi connectivity index (χ1) is 13.5. The van der Waals surface area contributed by atoms with Gasteiger partial charge in [0.25, 0.3) is 0 Å². The molecule has 1 unspecified atom stereocenters. The summed E-state index contributed by atoms with van der Waals surface area (Å²) in [6.45, 7) is 2.81. The summed E-state index contributed by atoms with van der Waals surface area (Å²) in [6.07, 6.45) is 5.40. The average Bonchev–Trinajstić information content (AvgIpc) is 3.09. The van der Waals surface area contributed by atoms with E-state index in [1.54, 1.807) is 35.7 Å². The molecule has 0 radical (unpaired) electrons. The average molecular weight is 401 g/mol. The number of aryl methyl sites for hydroxylation is 1. The third-order valence-corrected chi connectivity index (χ3v) is 5.53. The number of aromatic hydroxyl groups is 1. The van der Waals surface area contributed by atoms with E-state index >= 15 is 0 Å². The molecule has 2 aliphatic rings. The van der Waals surface area contributed by atoms with Gasteiger partial charge in [-0.1, -0.05) is 0 Å². The van der Waals surface area contributed by atoms with Crippen molar-refractivity contribution in [3.8, 4) is 5.88 Å². The van der Waals surface area contributed by atoms with Gasteiger partial charge < -0.3 is 10.1 Å².